The van der Waals surface area contributed by atoms with Crippen LogP contribution in [0.25, 0.3) is 10.2 Å². The van der Waals surface area contributed by atoms with E-state index in [4.69, 9.17) is 14.5 Å². The number of thioether (sulfide) groups is 1. The predicted octanol–water partition coefficient (Wildman–Crippen LogP) is 3.66. The molecule has 4 rings (SSSR count). The Kier molecular flexibility index (Phi) is 4.91. The fourth-order valence-electron chi connectivity index (χ4n) is 3.20. The van der Waals surface area contributed by atoms with E-state index in [1.165, 1.54) is 10.4 Å². The number of fused-ring (bicyclic) bond motifs is 3. The van der Waals surface area contributed by atoms with E-state index in [-0.39, 0.29) is 5.56 Å². The number of aromatic nitrogens is 2. The molecule has 0 spiro atoms. The maximum absolute atomic E-state index is 12.8. The molecule has 0 atom stereocenters. The molecule has 136 valence electrons. The van der Waals surface area contributed by atoms with Crippen molar-refractivity contribution in [1.82, 2.24) is 9.55 Å². The van der Waals surface area contributed by atoms with Gasteiger partial charge in [-0.3, -0.25) is 9.36 Å². The highest BCUT2D eigenvalue weighted by molar-refractivity contribution is 7.99. The second-order valence-electron chi connectivity index (χ2n) is 6.17. The van der Waals surface area contributed by atoms with Crippen LogP contribution in [-0.4, -0.2) is 29.0 Å². The number of hydrogen-bond donors (Lipinski definition) is 0. The first-order chi connectivity index (χ1) is 12.7. The van der Waals surface area contributed by atoms with Crippen molar-refractivity contribution < 1.29 is 9.47 Å². The molecular formula is C19H20N2O3S2. The average Bonchev–Trinajstić information content (AvgIpc) is 3.23. The highest BCUT2D eigenvalue weighted by Crippen LogP contribution is 2.35. The quantitative estimate of drug-likeness (QED) is 0.366. The van der Waals surface area contributed by atoms with Crippen LogP contribution in [0.3, 0.4) is 0 Å². The van der Waals surface area contributed by atoms with Gasteiger partial charge in [0.2, 0.25) is 0 Å². The first-order valence-corrected chi connectivity index (χ1v) is 10.4. The Morgan fingerprint density at radius 3 is 2.77 bits per heavy atom. The summed E-state index contributed by atoms with van der Waals surface area (Å²) < 4.78 is 12.6. The van der Waals surface area contributed by atoms with E-state index in [1.807, 2.05) is 24.3 Å². The lowest BCUT2D eigenvalue weighted by atomic mass is 10.2. The Morgan fingerprint density at radius 1 is 1.23 bits per heavy atom. The molecule has 26 heavy (non-hydrogen) atoms. The highest BCUT2D eigenvalue weighted by atomic mass is 32.2. The van der Waals surface area contributed by atoms with Crippen molar-refractivity contribution in [3.8, 4) is 11.5 Å². The highest BCUT2D eigenvalue weighted by Gasteiger charge is 2.22. The van der Waals surface area contributed by atoms with Crippen molar-refractivity contribution in [3.63, 3.8) is 0 Å². The van der Waals surface area contributed by atoms with E-state index in [0.29, 0.717) is 6.61 Å². The van der Waals surface area contributed by atoms with Gasteiger partial charge in [0.15, 0.2) is 5.16 Å². The molecule has 2 heterocycles. The van der Waals surface area contributed by atoms with E-state index >= 15 is 0 Å². The van der Waals surface area contributed by atoms with Gasteiger partial charge in [-0.2, -0.15) is 0 Å². The Hall–Kier alpha value is -1.99. The Morgan fingerprint density at radius 2 is 2.00 bits per heavy atom. The van der Waals surface area contributed by atoms with Crippen molar-refractivity contribution in [3.05, 3.63) is 45.1 Å². The van der Waals surface area contributed by atoms with E-state index in [9.17, 15) is 4.79 Å². The van der Waals surface area contributed by atoms with Gasteiger partial charge in [-0.05, 0) is 49.1 Å². The van der Waals surface area contributed by atoms with Gasteiger partial charge >= 0.3 is 0 Å². The Bertz CT molecular complexity index is 993. The van der Waals surface area contributed by atoms with Crippen LogP contribution in [0, 0.1) is 0 Å². The van der Waals surface area contributed by atoms with Gasteiger partial charge < -0.3 is 9.47 Å². The van der Waals surface area contributed by atoms with Crippen LogP contribution >= 0.6 is 23.1 Å². The second kappa shape index (κ2) is 7.32. The molecule has 0 saturated carbocycles. The van der Waals surface area contributed by atoms with Crippen LogP contribution in [0.4, 0.5) is 0 Å². The van der Waals surface area contributed by atoms with E-state index < -0.39 is 0 Å². The van der Waals surface area contributed by atoms with Crippen molar-refractivity contribution in [2.75, 3.05) is 19.5 Å². The third-order valence-electron chi connectivity index (χ3n) is 4.55. The van der Waals surface area contributed by atoms with Crippen molar-refractivity contribution >= 4 is 33.3 Å². The minimum Gasteiger partial charge on any atom is -0.497 e. The number of thiophene rings is 1. The van der Waals surface area contributed by atoms with Gasteiger partial charge in [0.05, 0.1) is 19.1 Å². The van der Waals surface area contributed by atoms with Gasteiger partial charge in [-0.1, -0.05) is 11.8 Å². The number of rotatable bonds is 6. The number of methoxy groups -OCH3 is 1. The largest absolute Gasteiger partial charge is 0.497 e. The molecule has 5 nitrogen and oxygen atoms in total. The summed E-state index contributed by atoms with van der Waals surface area (Å²) in [6.45, 7) is 0.547. The lowest BCUT2D eigenvalue weighted by Crippen LogP contribution is -2.20. The fraction of sp³-hybridized carbons (Fsp3) is 0.368. The molecule has 0 unspecified atom stereocenters. The standard InChI is InChI=1S/C19H20N2O3S2/c1-21-18(22)16-14-4-3-5-15(14)26-17(16)20-19(21)25-11-10-24-13-8-6-12(23-2)7-9-13/h6-9H,3-5,10-11H2,1-2H3. The summed E-state index contributed by atoms with van der Waals surface area (Å²) in [5, 5.41) is 1.59. The first-order valence-electron chi connectivity index (χ1n) is 8.58. The molecule has 2 aromatic heterocycles. The molecule has 7 heteroatoms. The van der Waals surface area contributed by atoms with E-state index in [1.54, 1.807) is 41.8 Å². The summed E-state index contributed by atoms with van der Waals surface area (Å²) in [7, 11) is 3.45. The molecule has 3 aromatic rings. The number of aryl methyl sites for hydroxylation is 2. The van der Waals surface area contributed by atoms with Crippen LogP contribution in [-0.2, 0) is 19.9 Å². The topological polar surface area (TPSA) is 53.4 Å². The molecule has 0 saturated heterocycles. The summed E-state index contributed by atoms with van der Waals surface area (Å²) in [6, 6.07) is 7.52. The summed E-state index contributed by atoms with van der Waals surface area (Å²) in [5.41, 5.74) is 1.31. The van der Waals surface area contributed by atoms with Gasteiger partial charge in [0.25, 0.3) is 5.56 Å². The minimum absolute atomic E-state index is 0.0768. The maximum Gasteiger partial charge on any atom is 0.262 e. The van der Waals surface area contributed by atoms with Gasteiger partial charge in [-0.15, -0.1) is 11.3 Å². The molecule has 0 N–H and O–H groups in total. The lowest BCUT2D eigenvalue weighted by Gasteiger charge is -2.09. The van der Waals surface area contributed by atoms with E-state index in [0.717, 1.165) is 51.9 Å². The monoisotopic (exact) mass is 388 g/mol. The molecule has 0 aliphatic heterocycles. The van der Waals surface area contributed by atoms with Gasteiger partial charge in [0, 0.05) is 17.7 Å². The lowest BCUT2D eigenvalue weighted by molar-refractivity contribution is 0.342. The zero-order chi connectivity index (χ0) is 18.1. The number of nitrogens with zero attached hydrogens (tertiary/aromatic N) is 2. The normalized spacial score (nSPS) is 13.2. The summed E-state index contributed by atoms with van der Waals surface area (Å²) in [5.74, 6) is 2.34. The smallest absolute Gasteiger partial charge is 0.262 e. The molecule has 0 bridgehead atoms. The van der Waals surface area contributed by atoms with Crippen LogP contribution in [0.5, 0.6) is 11.5 Å². The maximum atomic E-state index is 12.8. The van der Waals surface area contributed by atoms with Crippen LogP contribution in [0.1, 0.15) is 16.9 Å². The Labute approximate surface area is 160 Å². The molecule has 0 fully saturated rings. The van der Waals surface area contributed by atoms with Gasteiger partial charge in [-0.25, -0.2) is 4.98 Å². The molecule has 0 amide bonds. The number of ether oxygens (including phenoxy) is 2. The van der Waals surface area contributed by atoms with Crippen LogP contribution in [0.15, 0.2) is 34.2 Å². The van der Waals surface area contributed by atoms with Gasteiger partial charge in [0.1, 0.15) is 16.3 Å². The molecule has 1 aromatic carbocycles. The van der Waals surface area contributed by atoms with Crippen LogP contribution < -0.4 is 15.0 Å². The molecule has 1 aliphatic carbocycles. The SMILES string of the molecule is COc1ccc(OCCSc2nc3sc4c(c3c(=O)n2C)CCC4)cc1. The summed E-state index contributed by atoms with van der Waals surface area (Å²) >= 11 is 3.23. The molecule has 1 aliphatic rings. The molecule has 0 radical (unpaired) electrons. The third-order valence-corrected chi connectivity index (χ3v) is 6.73. The number of hydrogen-bond acceptors (Lipinski definition) is 6. The van der Waals surface area contributed by atoms with Crippen molar-refractivity contribution in [2.24, 2.45) is 7.05 Å². The second-order valence-corrected chi connectivity index (χ2v) is 8.31. The predicted molar refractivity (Wildman–Crippen MR) is 106 cm³/mol. The molecular weight excluding hydrogens is 368 g/mol. The first kappa shape index (κ1) is 17.4. The average molecular weight is 389 g/mol. The fourth-order valence-corrected chi connectivity index (χ4v) is 5.29. The zero-order valence-electron chi connectivity index (χ0n) is 14.8. The zero-order valence-corrected chi connectivity index (χ0v) is 16.4. The summed E-state index contributed by atoms with van der Waals surface area (Å²) in [4.78, 5) is 19.7. The number of benzene rings is 1. The third kappa shape index (κ3) is 3.21. The van der Waals surface area contributed by atoms with Crippen molar-refractivity contribution in [2.45, 2.75) is 24.4 Å². The minimum atomic E-state index is 0.0768. The Balaban J connectivity index is 1.44. The van der Waals surface area contributed by atoms with Crippen LogP contribution in [0.2, 0.25) is 0 Å². The summed E-state index contributed by atoms with van der Waals surface area (Å²) in [6.07, 6.45) is 3.24. The van der Waals surface area contributed by atoms with Crippen molar-refractivity contribution in [1.29, 1.82) is 0 Å². The van der Waals surface area contributed by atoms with E-state index in [2.05, 4.69) is 0 Å².